The van der Waals surface area contributed by atoms with E-state index in [1.807, 2.05) is 0 Å². The molecule has 0 aliphatic carbocycles. The number of hydrogen-bond donors (Lipinski definition) is 0. The monoisotopic (exact) mass is 169 g/mol. The molecule has 0 aromatic carbocycles. The van der Waals surface area contributed by atoms with Crippen molar-refractivity contribution in [3.05, 3.63) is 6.92 Å². The molecule has 0 rings (SSSR count). The van der Waals surface area contributed by atoms with Crippen LogP contribution in [0.2, 0.25) is 0 Å². The highest BCUT2D eigenvalue weighted by atomic mass is 14.2. The second kappa shape index (κ2) is 5.61. The molecule has 0 heterocycles. The van der Waals surface area contributed by atoms with Crippen LogP contribution in [0, 0.1) is 18.3 Å². The lowest BCUT2D eigenvalue weighted by Gasteiger charge is -2.20. The molecule has 0 spiro atoms. The molecular weight excluding hydrogens is 144 g/mol. The van der Waals surface area contributed by atoms with E-state index in [1.165, 1.54) is 25.7 Å². The molecule has 0 aliphatic rings. The number of rotatable bonds is 5. The molecule has 0 saturated carbocycles. The van der Waals surface area contributed by atoms with Gasteiger partial charge in [0.25, 0.3) is 0 Å². The van der Waals surface area contributed by atoms with E-state index in [1.54, 1.807) is 0 Å². The Morgan fingerprint density at radius 2 is 1.75 bits per heavy atom. The van der Waals surface area contributed by atoms with E-state index in [-0.39, 0.29) is 0 Å². The van der Waals surface area contributed by atoms with Crippen molar-refractivity contribution in [2.75, 3.05) is 0 Å². The topological polar surface area (TPSA) is 0 Å². The summed E-state index contributed by atoms with van der Waals surface area (Å²) in [5.74, 6) is 0.894. The zero-order chi connectivity index (χ0) is 9.61. The molecule has 0 aliphatic heterocycles. The van der Waals surface area contributed by atoms with E-state index in [9.17, 15) is 0 Å². The van der Waals surface area contributed by atoms with Gasteiger partial charge in [0.15, 0.2) is 0 Å². The Hall–Kier alpha value is 0. The Kier molecular flexibility index (Phi) is 5.61. The first-order valence-electron chi connectivity index (χ1n) is 5.25. The normalized spacial score (nSPS) is 14.8. The molecule has 0 amide bonds. The molecule has 12 heavy (non-hydrogen) atoms. The second-order valence-corrected chi connectivity index (χ2v) is 5.20. The lowest BCUT2D eigenvalue weighted by atomic mass is 9.86. The molecule has 0 saturated heterocycles. The summed E-state index contributed by atoms with van der Waals surface area (Å²) < 4.78 is 0. The van der Waals surface area contributed by atoms with Crippen LogP contribution in [-0.2, 0) is 0 Å². The fourth-order valence-corrected chi connectivity index (χ4v) is 1.32. The third-order valence-electron chi connectivity index (χ3n) is 2.33. The van der Waals surface area contributed by atoms with E-state index in [0.717, 1.165) is 12.3 Å². The van der Waals surface area contributed by atoms with Crippen molar-refractivity contribution in [1.29, 1.82) is 0 Å². The van der Waals surface area contributed by atoms with Gasteiger partial charge in [-0.2, -0.15) is 0 Å². The Bertz CT molecular complexity index is 97.1. The Morgan fingerprint density at radius 1 is 1.17 bits per heavy atom. The molecule has 0 aromatic heterocycles. The largest absolute Gasteiger partial charge is 0.0625 e. The van der Waals surface area contributed by atoms with E-state index in [4.69, 9.17) is 0 Å². The third-order valence-corrected chi connectivity index (χ3v) is 2.33. The summed E-state index contributed by atoms with van der Waals surface area (Å²) in [6, 6.07) is 0. The van der Waals surface area contributed by atoms with Gasteiger partial charge in [-0.1, -0.05) is 60.3 Å². The molecule has 0 heteroatoms. The van der Waals surface area contributed by atoms with Crippen molar-refractivity contribution >= 4 is 0 Å². The summed E-state index contributed by atoms with van der Waals surface area (Å²) in [6.45, 7) is 13.2. The Morgan fingerprint density at radius 3 is 2.17 bits per heavy atom. The fourth-order valence-electron chi connectivity index (χ4n) is 1.32. The molecule has 0 nitrogen and oxygen atoms in total. The van der Waals surface area contributed by atoms with Crippen molar-refractivity contribution in [3.8, 4) is 0 Å². The summed E-state index contributed by atoms with van der Waals surface area (Å²) >= 11 is 0. The molecule has 1 unspecified atom stereocenters. The average molecular weight is 169 g/mol. The van der Waals surface area contributed by atoms with E-state index in [0.29, 0.717) is 5.41 Å². The number of hydrogen-bond acceptors (Lipinski definition) is 0. The van der Waals surface area contributed by atoms with E-state index >= 15 is 0 Å². The van der Waals surface area contributed by atoms with Gasteiger partial charge in [0.1, 0.15) is 0 Å². The first-order chi connectivity index (χ1) is 5.45. The van der Waals surface area contributed by atoms with Crippen molar-refractivity contribution < 1.29 is 0 Å². The van der Waals surface area contributed by atoms with Crippen LogP contribution in [0.4, 0.5) is 0 Å². The predicted molar refractivity (Wildman–Crippen MR) is 57.1 cm³/mol. The summed E-state index contributed by atoms with van der Waals surface area (Å²) in [7, 11) is 0. The van der Waals surface area contributed by atoms with Gasteiger partial charge in [-0.15, -0.1) is 0 Å². The molecule has 0 fully saturated rings. The van der Waals surface area contributed by atoms with Crippen LogP contribution in [0.3, 0.4) is 0 Å². The van der Waals surface area contributed by atoms with Gasteiger partial charge in [-0.3, -0.25) is 0 Å². The quantitative estimate of drug-likeness (QED) is 0.570. The van der Waals surface area contributed by atoms with Crippen molar-refractivity contribution in [2.24, 2.45) is 11.3 Å². The molecule has 1 atom stereocenters. The lowest BCUT2D eigenvalue weighted by Crippen LogP contribution is -2.07. The van der Waals surface area contributed by atoms with Crippen LogP contribution in [0.15, 0.2) is 0 Å². The SMILES string of the molecule is [CH2]CCCC(C)CCC(C)(C)C. The number of unbranched alkanes of at least 4 members (excludes halogenated alkanes) is 1. The van der Waals surface area contributed by atoms with Gasteiger partial charge in [0.2, 0.25) is 0 Å². The van der Waals surface area contributed by atoms with E-state index in [2.05, 4.69) is 34.6 Å². The van der Waals surface area contributed by atoms with Gasteiger partial charge in [0, 0.05) is 0 Å². The molecule has 0 aromatic rings. The zero-order valence-electron chi connectivity index (χ0n) is 9.32. The summed E-state index contributed by atoms with van der Waals surface area (Å²) in [5, 5.41) is 0. The minimum Gasteiger partial charge on any atom is -0.0625 e. The molecule has 73 valence electrons. The summed E-state index contributed by atoms with van der Waals surface area (Å²) in [6.07, 6.45) is 6.49. The Balaban J connectivity index is 3.37. The van der Waals surface area contributed by atoms with E-state index < -0.39 is 0 Å². The maximum absolute atomic E-state index is 3.87. The molecule has 1 radical (unpaired) electrons. The Labute approximate surface area is 78.8 Å². The van der Waals surface area contributed by atoms with Crippen LogP contribution < -0.4 is 0 Å². The van der Waals surface area contributed by atoms with Gasteiger partial charge in [-0.05, 0) is 17.8 Å². The zero-order valence-corrected chi connectivity index (χ0v) is 9.32. The molecule has 0 bridgehead atoms. The van der Waals surface area contributed by atoms with Crippen LogP contribution in [-0.4, -0.2) is 0 Å². The van der Waals surface area contributed by atoms with Crippen LogP contribution >= 0.6 is 0 Å². The van der Waals surface area contributed by atoms with Gasteiger partial charge < -0.3 is 0 Å². The fraction of sp³-hybridized carbons (Fsp3) is 0.917. The average Bonchev–Trinajstić information content (AvgIpc) is 1.95. The summed E-state index contributed by atoms with van der Waals surface area (Å²) in [4.78, 5) is 0. The highest BCUT2D eigenvalue weighted by Crippen LogP contribution is 2.25. The first kappa shape index (κ1) is 12.0. The lowest BCUT2D eigenvalue weighted by molar-refractivity contribution is 0.321. The smallest absolute Gasteiger partial charge is 0.0383 e. The maximum Gasteiger partial charge on any atom is -0.0383 e. The van der Waals surface area contributed by atoms with Crippen LogP contribution in [0.5, 0.6) is 0 Å². The first-order valence-corrected chi connectivity index (χ1v) is 5.25. The maximum atomic E-state index is 3.87. The highest BCUT2D eigenvalue weighted by molar-refractivity contribution is 4.64. The van der Waals surface area contributed by atoms with Crippen molar-refractivity contribution in [2.45, 2.75) is 59.8 Å². The van der Waals surface area contributed by atoms with Gasteiger partial charge in [0.05, 0.1) is 0 Å². The minimum atomic E-state index is 0.513. The molecular formula is C12H25. The van der Waals surface area contributed by atoms with Crippen molar-refractivity contribution in [3.63, 3.8) is 0 Å². The molecule has 0 N–H and O–H groups in total. The van der Waals surface area contributed by atoms with Gasteiger partial charge in [-0.25, -0.2) is 0 Å². The van der Waals surface area contributed by atoms with Crippen molar-refractivity contribution in [1.82, 2.24) is 0 Å². The second-order valence-electron chi connectivity index (χ2n) is 5.20. The van der Waals surface area contributed by atoms with Crippen LogP contribution in [0.25, 0.3) is 0 Å². The van der Waals surface area contributed by atoms with Gasteiger partial charge >= 0.3 is 0 Å². The highest BCUT2D eigenvalue weighted by Gasteiger charge is 2.11. The summed E-state index contributed by atoms with van der Waals surface area (Å²) in [5.41, 5.74) is 0.513. The third kappa shape index (κ3) is 8.10. The standard InChI is InChI=1S/C12H25/c1-6-7-8-11(2)9-10-12(3,4)5/h11H,1,6-10H2,2-5H3. The predicted octanol–water partition coefficient (Wildman–Crippen LogP) is 4.45. The minimum absolute atomic E-state index is 0.513. The van der Waals surface area contributed by atoms with Crippen LogP contribution in [0.1, 0.15) is 59.8 Å².